The second-order valence-corrected chi connectivity index (χ2v) is 4.32. The van der Waals surface area contributed by atoms with Gasteiger partial charge in [0.05, 0.1) is 13.2 Å². The van der Waals surface area contributed by atoms with Gasteiger partial charge in [-0.2, -0.15) is 0 Å². The van der Waals surface area contributed by atoms with Crippen LogP contribution in [0.2, 0.25) is 0 Å². The number of hydrogen-bond donors (Lipinski definition) is 1. The van der Waals surface area contributed by atoms with Crippen LogP contribution in [-0.4, -0.2) is 63.9 Å². The van der Waals surface area contributed by atoms with Crippen LogP contribution in [-0.2, 0) is 14.3 Å². The summed E-state index contributed by atoms with van der Waals surface area (Å²) in [5, 5.41) is 2.82. The predicted molar refractivity (Wildman–Crippen MR) is 68.1 cm³/mol. The maximum Gasteiger partial charge on any atom is 0.246 e. The van der Waals surface area contributed by atoms with Crippen molar-refractivity contribution >= 4 is 5.91 Å². The molecule has 5 nitrogen and oxygen atoms in total. The second-order valence-electron chi connectivity index (χ2n) is 4.32. The van der Waals surface area contributed by atoms with Crippen LogP contribution in [0.15, 0.2) is 0 Å². The van der Waals surface area contributed by atoms with Crippen LogP contribution in [0.1, 0.15) is 20.3 Å². The highest BCUT2D eigenvalue weighted by Crippen LogP contribution is 1.94. The summed E-state index contributed by atoms with van der Waals surface area (Å²) in [7, 11) is 3.69. The highest BCUT2D eigenvalue weighted by atomic mass is 16.5. The Bertz CT molecular complexity index is 198. The van der Waals surface area contributed by atoms with Gasteiger partial charge in [-0.05, 0) is 33.9 Å². The van der Waals surface area contributed by atoms with Gasteiger partial charge in [-0.1, -0.05) is 0 Å². The number of carbonyl (C=O) groups is 1. The largest absolute Gasteiger partial charge is 0.382 e. The van der Waals surface area contributed by atoms with Crippen molar-refractivity contribution in [1.82, 2.24) is 10.2 Å². The molecular weight excluding hydrogens is 220 g/mol. The molecule has 0 aliphatic carbocycles. The third kappa shape index (κ3) is 10.2. The molecule has 102 valence electrons. The molecule has 0 aliphatic heterocycles. The fourth-order valence-electron chi connectivity index (χ4n) is 1.17. The summed E-state index contributed by atoms with van der Waals surface area (Å²) in [5.74, 6) is -0.0618. The summed E-state index contributed by atoms with van der Waals surface area (Å²) < 4.78 is 9.91. The Morgan fingerprint density at radius 2 is 2.06 bits per heavy atom. The average Bonchev–Trinajstić information content (AvgIpc) is 2.29. The monoisotopic (exact) mass is 246 g/mol. The number of nitrogens with one attached hydrogen (secondary N) is 1. The van der Waals surface area contributed by atoms with Crippen molar-refractivity contribution in [2.24, 2.45) is 0 Å². The standard InChI is InChI=1S/C12H26N2O3/c1-11(2)14(3)7-5-6-13-12(15)10-17-9-8-16-4/h11H,5-10H2,1-4H3,(H,13,15). The van der Waals surface area contributed by atoms with Crippen molar-refractivity contribution in [3.63, 3.8) is 0 Å². The normalized spacial score (nSPS) is 11.2. The molecule has 0 aromatic heterocycles. The summed E-state index contributed by atoms with van der Waals surface area (Å²) in [5.41, 5.74) is 0. The molecule has 1 N–H and O–H groups in total. The van der Waals surface area contributed by atoms with Gasteiger partial charge in [0, 0.05) is 19.7 Å². The van der Waals surface area contributed by atoms with Gasteiger partial charge in [-0.15, -0.1) is 0 Å². The highest BCUT2D eigenvalue weighted by Gasteiger charge is 2.03. The minimum Gasteiger partial charge on any atom is -0.382 e. The van der Waals surface area contributed by atoms with E-state index in [1.54, 1.807) is 7.11 Å². The first-order valence-corrected chi connectivity index (χ1v) is 6.11. The molecule has 0 rings (SSSR count). The number of carbonyl (C=O) groups excluding carboxylic acids is 1. The first-order valence-electron chi connectivity index (χ1n) is 6.11. The third-order valence-electron chi connectivity index (χ3n) is 2.56. The molecule has 0 aromatic rings. The lowest BCUT2D eigenvalue weighted by molar-refractivity contribution is -0.126. The van der Waals surface area contributed by atoms with Crippen LogP contribution in [0.4, 0.5) is 0 Å². The van der Waals surface area contributed by atoms with Crippen molar-refractivity contribution in [2.75, 3.05) is 47.1 Å². The second kappa shape index (κ2) is 10.5. The van der Waals surface area contributed by atoms with Gasteiger partial charge in [0.15, 0.2) is 0 Å². The van der Waals surface area contributed by atoms with Gasteiger partial charge in [0.2, 0.25) is 5.91 Å². The van der Waals surface area contributed by atoms with E-state index >= 15 is 0 Å². The molecule has 0 aromatic carbocycles. The molecule has 0 bridgehead atoms. The van der Waals surface area contributed by atoms with Crippen LogP contribution in [0, 0.1) is 0 Å². The lowest BCUT2D eigenvalue weighted by atomic mass is 10.3. The summed E-state index contributed by atoms with van der Waals surface area (Å²) in [6.45, 7) is 7.09. The van der Waals surface area contributed by atoms with Gasteiger partial charge in [-0.25, -0.2) is 0 Å². The van der Waals surface area contributed by atoms with E-state index in [9.17, 15) is 4.79 Å². The van der Waals surface area contributed by atoms with Crippen LogP contribution < -0.4 is 5.32 Å². The summed E-state index contributed by atoms with van der Waals surface area (Å²) >= 11 is 0. The molecule has 0 saturated carbocycles. The minimum atomic E-state index is -0.0618. The van der Waals surface area contributed by atoms with Crippen LogP contribution in [0.25, 0.3) is 0 Å². The summed E-state index contributed by atoms with van der Waals surface area (Å²) in [4.78, 5) is 13.5. The molecule has 0 atom stereocenters. The van der Waals surface area contributed by atoms with E-state index in [0.717, 1.165) is 13.0 Å². The molecule has 0 fully saturated rings. The van der Waals surface area contributed by atoms with E-state index in [4.69, 9.17) is 9.47 Å². The smallest absolute Gasteiger partial charge is 0.246 e. The molecular formula is C12H26N2O3. The number of nitrogens with zero attached hydrogens (tertiary/aromatic N) is 1. The first kappa shape index (κ1) is 16.4. The molecule has 0 unspecified atom stereocenters. The lowest BCUT2D eigenvalue weighted by Gasteiger charge is -2.20. The zero-order chi connectivity index (χ0) is 13.1. The van der Waals surface area contributed by atoms with E-state index in [2.05, 4.69) is 31.1 Å². The molecule has 5 heteroatoms. The number of amides is 1. The van der Waals surface area contributed by atoms with Crippen LogP contribution in [0.5, 0.6) is 0 Å². The summed E-state index contributed by atoms with van der Waals surface area (Å²) in [6, 6.07) is 0.545. The molecule has 1 amide bonds. The molecule has 17 heavy (non-hydrogen) atoms. The fraction of sp³-hybridized carbons (Fsp3) is 0.917. The Kier molecular flexibility index (Phi) is 10.1. The third-order valence-corrected chi connectivity index (χ3v) is 2.56. The van der Waals surface area contributed by atoms with Crippen LogP contribution in [0.3, 0.4) is 0 Å². The number of ether oxygens (including phenoxy) is 2. The van der Waals surface area contributed by atoms with E-state index in [0.29, 0.717) is 25.8 Å². The van der Waals surface area contributed by atoms with E-state index in [-0.39, 0.29) is 12.5 Å². The maximum absolute atomic E-state index is 11.3. The highest BCUT2D eigenvalue weighted by molar-refractivity contribution is 5.77. The van der Waals surface area contributed by atoms with Gasteiger partial charge in [-0.3, -0.25) is 4.79 Å². The maximum atomic E-state index is 11.3. The molecule has 0 aliphatic rings. The van der Waals surface area contributed by atoms with Crippen molar-refractivity contribution in [2.45, 2.75) is 26.3 Å². The zero-order valence-corrected chi connectivity index (χ0v) is 11.5. The van der Waals surface area contributed by atoms with E-state index in [1.165, 1.54) is 0 Å². The Morgan fingerprint density at radius 1 is 1.35 bits per heavy atom. The van der Waals surface area contributed by atoms with Crippen molar-refractivity contribution in [1.29, 1.82) is 0 Å². The topological polar surface area (TPSA) is 50.8 Å². The molecule has 0 saturated heterocycles. The first-order chi connectivity index (χ1) is 8.07. The van der Waals surface area contributed by atoms with Crippen LogP contribution >= 0.6 is 0 Å². The van der Waals surface area contributed by atoms with Crippen molar-refractivity contribution < 1.29 is 14.3 Å². The van der Waals surface area contributed by atoms with Gasteiger partial charge < -0.3 is 19.7 Å². The SMILES string of the molecule is COCCOCC(=O)NCCCN(C)C(C)C. The van der Waals surface area contributed by atoms with Gasteiger partial charge in [0.1, 0.15) is 6.61 Å². The Hall–Kier alpha value is -0.650. The fourth-order valence-corrected chi connectivity index (χ4v) is 1.17. The van der Waals surface area contributed by atoms with Gasteiger partial charge in [0.25, 0.3) is 0 Å². The minimum absolute atomic E-state index is 0.0618. The molecule has 0 radical (unpaired) electrons. The van der Waals surface area contributed by atoms with Crippen molar-refractivity contribution in [3.05, 3.63) is 0 Å². The Morgan fingerprint density at radius 3 is 2.65 bits per heavy atom. The predicted octanol–water partition coefficient (Wildman–Crippen LogP) is 0.496. The van der Waals surface area contributed by atoms with Crippen molar-refractivity contribution in [3.8, 4) is 0 Å². The molecule has 0 spiro atoms. The number of hydrogen-bond acceptors (Lipinski definition) is 4. The number of rotatable bonds is 10. The summed E-state index contributed by atoms with van der Waals surface area (Å²) in [6.07, 6.45) is 0.957. The zero-order valence-electron chi connectivity index (χ0n) is 11.5. The molecule has 0 heterocycles. The Labute approximate surface area is 104 Å². The number of methoxy groups -OCH3 is 1. The quantitative estimate of drug-likeness (QED) is 0.570. The van der Waals surface area contributed by atoms with E-state index < -0.39 is 0 Å². The Balaban J connectivity index is 3.33. The van der Waals surface area contributed by atoms with Gasteiger partial charge >= 0.3 is 0 Å². The lowest BCUT2D eigenvalue weighted by Crippen LogP contribution is -2.33. The van der Waals surface area contributed by atoms with E-state index in [1.807, 2.05) is 0 Å². The average molecular weight is 246 g/mol.